The molecule has 3 rings (SSSR count). The van der Waals surface area contributed by atoms with Crippen molar-refractivity contribution < 1.29 is 4.74 Å². The van der Waals surface area contributed by atoms with Gasteiger partial charge in [0.25, 0.3) is 0 Å². The van der Waals surface area contributed by atoms with Crippen LogP contribution in [0, 0.1) is 0 Å². The van der Waals surface area contributed by atoms with Crippen molar-refractivity contribution in [3.63, 3.8) is 0 Å². The smallest absolute Gasteiger partial charge is 0.0707 e. The molecule has 1 aliphatic carbocycles. The summed E-state index contributed by atoms with van der Waals surface area (Å²) in [6.45, 7) is 4.68. The molecule has 0 amide bonds. The lowest BCUT2D eigenvalue weighted by Gasteiger charge is -2.23. The van der Waals surface area contributed by atoms with Crippen LogP contribution in [0.3, 0.4) is 0 Å². The van der Waals surface area contributed by atoms with Crippen LogP contribution >= 0.6 is 0 Å². The average Bonchev–Trinajstić information content (AvgIpc) is 2.91. The number of nitrogens with zero attached hydrogens (tertiary/aromatic N) is 2. The quantitative estimate of drug-likeness (QED) is 0.774. The number of likely N-dealkylation sites (N-methyl/N-ethyl adjacent to an activating group) is 1. The first-order valence-electron chi connectivity index (χ1n) is 7.98. The number of rotatable bonds is 6. The summed E-state index contributed by atoms with van der Waals surface area (Å²) in [5.41, 5.74) is 0. The van der Waals surface area contributed by atoms with Crippen molar-refractivity contribution in [1.82, 2.24) is 15.1 Å². The van der Waals surface area contributed by atoms with Crippen molar-refractivity contribution in [2.24, 2.45) is 0 Å². The molecule has 2 saturated heterocycles. The minimum Gasteiger partial charge on any atom is -0.372 e. The molecule has 0 radical (unpaired) electrons. The fraction of sp³-hybridized carbons (Fsp3) is 1.00. The lowest BCUT2D eigenvalue weighted by molar-refractivity contribution is 0.0264. The van der Waals surface area contributed by atoms with Crippen LogP contribution in [0.15, 0.2) is 0 Å². The molecule has 4 nitrogen and oxygen atoms in total. The van der Waals surface area contributed by atoms with Crippen LogP contribution in [0.5, 0.6) is 0 Å². The maximum absolute atomic E-state index is 6.18. The molecule has 3 atom stereocenters. The third kappa shape index (κ3) is 3.91. The van der Waals surface area contributed by atoms with E-state index >= 15 is 0 Å². The second-order valence-electron chi connectivity index (χ2n) is 6.81. The molecule has 2 aliphatic heterocycles. The molecule has 3 aliphatic rings. The highest BCUT2D eigenvalue weighted by molar-refractivity contribution is 4.86. The summed E-state index contributed by atoms with van der Waals surface area (Å²) in [4.78, 5) is 4.95. The molecule has 4 heteroatoms. The second kappa shape index (κ2) is 6.08. The van der Waals surface area contributed by atoms with Crippen molar-refractivity contribution in [2.75, 3.05) is 40.3 Å². The summed E-state index contributed by atoms with van der Waals surface area (Å²) in [6, 6.07) is 1.55. The monoisotopic (exact) mass is 267 g/mol. The zero-order valence-electron chi connectivity index (χ0n) is 12.5. The van der Waals surface area contributed by atoms with Crippen molar-refractivity contribution in [2.45, 2.75) is 56.4 Å². The molecule has 2 heterocycles. The summed E-state index contributed by atoms with van der Waals surface area (Å²) >= 11 is 0. The zero-order chi connectivity index (χ0) is 13.2. The molecule has 0 aromatic rings. The van der Waals surface area contributed by atoms with E-state index in [4.69, 9.17) is 4.74 Å². The van der Waals surface area contributed by atoms with Gasteiger partial charge in [0.15, 0.2) is 0 Å². The Balaban J connectivity index is 1.34. The normalized spacial score (nSPS) is 36.5. The van der Waals surface area contributed by atoms with Gasteiger partial charge in [-0.25, -0.2) is 0 Å². The number of hydrogen-bond donors (Lipinski definition) is 1. The van der Waals surface area contributed by atoms with Gasteiger partial charge in [0.1, 0.15) is 0 Å². The van der Waals surface area contributed by atoms with Gasteiger partial charge in [-0.15, -0.1) is 0 Å². The van der Waals surface area contributed by atoms with Crippen LogP contribution in [-0.4, -0.2) is 74.4 Å². The molecular formula is C15H29N3O. The third-order valence-electron chi connectivity index (χ3n) is 4.85. The highest BCUT2D eigenvalue weighted by Crippen LogP contribution is 2.24. The number of hydrogen-bond acceptors (Lipinski definition) is 4. The summed E-state index contributed by atoms with van der Waals surface area (Å²) in [6.07, 6.45) is 7.50. The summed E-state index contributed by atoms with van der Waals surface area (Å²) in [5.74, 6) is 0. The molecule has 0 spiro atoms. The Labute approximate surface area is 117 Å². The van der Waals surface area contributed by atoms with Crippen LogP contribution < -0.4 is 5.32 Å². The molecule has 0 bridgehead atoms. The van der Waals surface area contributed by atoms with E-state index in [9.17, 15) is 0 Å². The van der Waals surface area contributed by atoms with Gasteiger partial charge in [-0.05, 0) is 52.7 Å². The molecule has 0 aromatic carbocycles. The van der Waals surface area contributed by atoms with Gasteiger partial charge in [0.05, 0.1) is 12.2 Å². The first kappa shape index (κ1) is 13.8. The third-order valence-corrected chi connectivity index (χ3v) is 4.85. The summed E-state index contributed by atoms with van der Waals surface area (Å²) in [5, 5.41) is 3.59. The molecule has 0 aromatic heterocycles. The molecule has 1 saturated carbocycles. The topological polar surface area (TPSA) is 27.7 Å². The number of ether oxygens (including phenoxy) is 1. The van der Waals surface area contributed by atoms with Crippen molar-refractivity contribution in [3.8, 4) is 0 Å². The van der Waals surface area contributed by atoms with E-state index in [0.29, 0.717) is 12.2 Å². The van der Waals surface area contributed by atoms with E-state index in [2.05, 4.69) is 29.2 Å². The number of likely N-dealkylation sites (tertiary alicyclic amines) is 1. The maximum atomic E-state index is 6.18. The van der Waals surface area contributed by atoms with Gasteiger partial charge in [-0.3, -0.25) is 4.90 Å². The van der Waals surface area contributed by atoms with Gasteiger partial charge >= 0.3 is 0 Å². The van der Waals surface area contributed by atoms with Crippen LogP contribution in [0.1, 0.15) is 32.1 Å². The predicted octanol–water partition coefficient (Wildman–Crippen LogP) is 0.922. The van der Waals surface area contributed by atoms with Gasteiger partial charge in [-0.1, -0.05) is 0 Å². The van der Waals surface area contributed by atoms with E-state index in [0.717, 1.165) is 25.2 Å². The first-order chi connectivity index (χ1) is 9.20. The molecular weight excluding hydrogens is 238 g/mol. The van der Waals surface area contributed by atoms with E-state index < -0.39 is 0 Å². The van der Waals surface area contributed by atoms with E-state index in [1.807, 2.05) is 0 Å². The van der Waals surface area contributed by atoms with Gasteiger partial charge in [-0.2, -0.15) is 0 Å². The van der Waals surface area contributed by atoms with Gasteiger partial charge in [0.2, 0.25) is 0 Å². The Hall–Kier alpha value is -0.160. The van der Waals surface area contributed by atoms with Crippen molar-refractivity contribution in [3.05, 3.63) is 0 Å². The van der Waals surface area contributed by atoms with E-state index in [1.165, 1.54) is 45.2 Å². The highest BCUT2D eigenvalue weighted by Gasteiger charge is 2.31. The minimum atomic E-state index is 0.470. The Kier molecular flexibility index (Phi) is 4.42. The molecule has 3 unspecified atom stereocenters. The maximum Gasteiger partial charge on any atom is 0.0707 e. The summed E-state index contributed by atoms with van der Waals surface area (Å²) in [7, 11) is 4.39. The lowest BCUT2D eigenvalue weighted by Crippen LogP contribution is -2.36. The van der Waals surface area contributed by atoms with Crippen molar-refractivity contribution in [1.29, 1.82) is 0 Å². The SMILES string of the molecule is CN(C)C1CCN(CC2CCC(CNC3CC3)O2)C1. The fourth-order valence-electron chi connectivity index (χ4n) is 3.34. The summed E-state index contributed by atoms with van der Waals surface area (Å²) < 4.78 is 6.18. The van der Waals surface area contributed by atoms with Crippen LogP contribution in [-0.2, 0) is 4.74 Å². The Morgan fingerprint density at radius 2 is 1.89 bits per heavy atom. The number of nitrogens with one attached hydrogen (secondary N) is 1. The van der Waals surface area contributed by atoms with Crippen LogP contribution in [0.25, 0.3) is 0 Å². The molecule has 3 fully saturated rings. The van der Waals surface area contributed by atoms with Crippen molar-refractivity contribution >= 4 is 0 Å². The molecule has 110 valence electrons. The fourth-order valence-corrected chi connectivity index (χ4v) is 3.34. The molecule has 1 N–H and O–H groups in total. The lowest BCUT2D eigenvalue weighted by atomic mass is 10.2. The second-order valence-corrected chi connectivity index (χ2v) is 6.81. The minimum absolute atomic E-state index is 0.470. The van der Waals surface area contributed by atoms with E-state index in [-0.39, 0.29) is 0 Å². The Morgan fingerprint density at radius 1 is 1.11 bits per heavy atom. The Bertz CT molecular complexity index is 293. The standard InChI is InChI=1S/C15H29N3O/c1-17(2)13-7-8-18(10-13)11-15-6-5-14(19-15)9-16-12-3-4-12/h12-16H,3-11H2,1-2H3. The predicted molar refractivity (Wildman–Crippen MR) is 77.5 cm³/mol. The van der Waals surface area contributed by atoms with Gasteiger partial charge < -0.3 is 15.0 Å². The largest absolute Gasteiger partial charge is 0.372 e. The Morgan fingerprint density at radius 3 is 2.58 bits per heavy atom. The first-order valence-corrected chi connectivity index (χ1v) is 7.98. The molecule has 19 heavy (non-hydrogen) atoms. The van der Waals surface area contributed by atoms with E-state index in [1.54, 1.807) is 0 Å². The van der Waals surface area contributed by atoms with Gasteiger partial charge in [0, 0.05) is 31.7 Å². The zero-order valence-corrected chi connectivity index (χ0v) is 12.5. The van der Waals surface area contributed by atoms with Crippen LogP contribution in [0.4, 0.5) is 0 Å². The average molecular weight is 267 g/mol. The highest BCUT2D eigenvalue weighted by atomic mass is 16.5. The van der Waals surface area contributed by atoms with Crippen LogP contribution in [0.2, 0.25) is 0 Å².